The summed E-state index contributed by atoms with van der Waals surface area (Å²) in [7, 11) is 0. The highest BCUT2D eigenvalue weighted by Gasteiger charge is 2.67. The maximum Gasteiger partial charge on any atom is 0.151 e. The van der Waals surface area contributed by atoms with Crippen molar-refractivity contribution in [3.63, 3.8) is 0 Å². The lowest BCUT2D eigenvalue weighted by atomic mass is 9.41. The molecule has 0 spiro atoms. The van der Waals surface area contributed by atoms with Crippen LogP contribution in [0, 0.1) is 22.7 Å². The number of fused-ring (bicyclic) bond motifs is 2. The van der Waals surface area contributed by atoms with Crippen LogP contribution in [0.1, 0.15) is 33.6 Å². The van der Waals surface area contributed by atoms with Gasteiger partial charge in [-0.3, -0.25) is 9.59 Å². The van der Waals surface area contributed by atoms with Gasteiger partial charge >= 0.3 is 0 Å². The Morgan fingerprint density at radius 3 is 2.53 bits per heavy atom. The molecule has 0 aliphatic heterocycles. The quantitative estimate of drug-likeness (QED) is 0.678. The first-order chi connectivity index (χ1) is 8.72. The molecule has 5 atom stereocenters. The summed E-state index contributed by atoms with van der Waals surface area (Å²) in [6.45, 7) is 9.54. The van der Waals surface area contributed by atoms with Gasteiger partial charge in [0, 0.05) is 11.3 Å². The van der Waals surface area contributed by atoms with Gasteiger partial charge in [0.05, 0.1) is 17.4 Å². The normalized spacial score (nSPS) is 49.2. The summed E-state index contributed by atoms with van der Waals surface area (Å²) in [6, 6.07) is 0. The Kier molecular flexibility index (Phi) is 2.33. The van der Waals surface area contributed by atoms with Crippen molar-refractivity contribution in [1.29, 1.82) is 0 Å². The Morgan fingerprint density at radius 1 is 1.32 bits per heavy atom. The molecule has 2 saturated carbocycles. The Balaban J connectivity index is 2.16. The van der Waals surface area contributed by atoms with E-state index >= 15 is 0 Å². The average Bonchev–Trinajstić information content (AvgIpc) is 2.30. The molecular formula is C16H20O3. The predicted molar refractivity (Wildman–Crippen MR) is 71.3 cm³/mol. The van der Waals surface area contributed by atoms with Crippen molar-refractivity contribution in [3.8, 4) is 0 Å². The Hall–Kier alpha value is -1.22. The average molecular weight is 260 g/mol. The molecule has 0 aromatic rings. The van der Waals surface area contributed by atoms with Crippen molar-refractivity contribution < 1.29 is 14.7 Å². The molecule has 3 aliphatic rings. The molecule has 3 heteroatoms. The maximum atomic E-state index is 12.9. The fourth-order valence-corrected chi connectivity index (χ4v) is 4.41. The molecule has 0 aromatic carbocycles. The number of aliphatic hydroxyl groups excluding tert-OH is 1. The summed E-state index contributed by atoms with van der Waals surface area (Å²) in [6.07, 6.45) is 2.10. The molecule has 0 bridgehead atoms. The summed E-state index contributed by atoms with van der Waals surface area (Å²) >= 11 is 0. The Morgan fingerprint density at radius 2 is 1.95 bits per heavy atom. The fraction of sp³-hybridized carbons (Fsp3) is 0.625. The van der Waals surface area contributed by atoms with Crippen LogP contribution >= 0.6 is 0 Å². The molecule has 0 amide bonds. The Bertz CT molecular complexity index is 544. The minimum atomic E-state index is -0.746. The zero-order valence-electron chi connectivity index (χ0n) is 11.7. The highest BCUT2D eigenvalue weighted by atomic mass is 16.3. The molecule has 0 heterocycles. The number of carbonyl (C=O) groups is 2. The third-order valence-electron chi connectivity index (χ3n) is 5.73. The lowest BCUT2D eigenvalue weighted by Crippen LogP contribution is -2.65. The van der Waals surface area contributed by atoms with Gasteiger partial charge in [-0.05, 0) is 26.7 Å². The number of ketones is 2. The largest absolute Gasteiger partial charge is 0.389 e. The number of aliphatic hydroxyl groups is 1. The van der Waals surface area contributed by atoms with Crippen molar-refractivity contribution >= 4 is 11.6 Å². The molecule has 2 fully saturated rings. The maximum absolute atomic E-state index is 12.9. The molecule has 3 aliphatic carbocycles. The summed E-state index contributed by atoms with van der Waals surface area (Å²) in [5.41, 5.74) is 0.398. The van der Waals surface area contributed by atoms with Crippen molar-refractivity contribution in [2.75, 3.05) is 0 Å². The molecular weight excluding hydrogens is 240 g/mol. The second kappa shape index (κ2) is 3.45. The second-order valence-electron chi connectivity index (χ2n) is 6.82. The van der Waals surface area contributed by atoms with E-state index in [1.807, 2.05) is 20.8 Å². The molecule has 1 N–H and O–H groups in total. The van der Waals surface area contributed by atoms with Crippen LogP contribution in [-0.2, 0) is 9.59 Å². The minimum Gasteiger partial charge on any atom is -0.389 e. The van der Waals surface area contributed by atoms with Crippen LogP contribution in [-0.4, -0.2) is 22.8 Å². The van der Waals surface area contributed by atoms with Crippen LogP contribution in [0.5, 0.6) is 0 Å². The van der Waals surface area contributed by atoms with Crippen molar-refractivity contribution in [1.82, 2.24) is 0 Å². The molecule has 3 nitrogen and oxygen atoms in total. The van der Waals surface area contributed by atoms with E-state index in [1.54, 1.807) is 6.08 Å². The van der Waals surface area contributed by atoms with Crippen LogP contribution in [0.4, 0.5) is 0 Å². The van der Waals surface area contributed by atoms with E-state index in [9.17, 15) is 14.7 Å². The van der Waals surface area contributed by atoms with E-state index in [0.29, 0.717) is 12.8 Å². The number of hydrogen-bond acceptors (Lipinski definition) is 3. The van der Waals surface area contributed by atoms with Crippen LogP contribution < -0.4 is 0 Å². The van der Waals surface area contributed by atoms with Crippen molar-refractivity contribution in [2.24, 2.45) is 22.7 Å². The SMILES string of the molecule is C=C1C[C@@]2(C)C(=O)[C@@H]3C[C@H](O)C=C(C)[C@]3(C)C(=O)C12. The van der Waals surface area contributed by atoms with Gasteiger partial charge in [-0.1, -0.05) is 30.7 Å². The lowest BCUT2D eigenvalue weighted by Gasteiger charge is -2.59. The van der Waals surface area contributed by atoms with E-state index in [2.05, 4.69) is 6.58 Å². The van der Waals surface area contributed by atoms with Crippen molar-refractivity contribution in [3.05, 3.63) is 23.8 Å². The molecule has 3 rings (SSSR count). The van der Waals surface area contributed by atoms with Gasteiger partial charge in [0.25, 0.3) is 0 Å². The van der Waals surface area contributed by atoms with Gasteiger partial charge < -0.3 is 5.11 Å². The number of rotatable bonds is 0. The Labute approximate surface area is 113 Å². The molecule has 0 radical (unpaired) electrons. The topological polar surface area (TPSA) is 54.4 Å². The van der Waals surface area contributed by atoms with Crippen molar-refractivity contribution in [2.45, 2.75) is 39.7 Å². The molecule has 19 heavy (non-hydrogen) atoms. The van der Waals surface area contributed by atoms with Gasteiger partial charge in [-0.25, -0.2) is 0 Å². The molecule has 102 valence electrons. The first-order valence-corrected chi connectivity index (χ1v) is 6.86. The number of allylic oxidation sites excluding steroid dienone is 2. The van der Waals surface area contributed by atoms with E-state index in [0.717, 1.165) is 11.1 Å². The zero-order chi connectivity index (χ0) is 14.2. The van der Waals surface area contributed by atoms with E-state index < -0.39 is 16.9 Å². The molecule has 1 unspecified atom stereocenters. The van der Waals surface area contributed by atoms with E-state index in [1.165, 1.54) is 0 Å². The van der Waals surface area contributed by atoms with Gasteiger partial charge in [0.15, 0.2) is 5.78 Å². The predicted octanol–water partition coefficient (Wildman–Crippen LogP) is 2.05. The van der Waals surface area contributed by atoms with Gasteiger partial charge in [-0.15, -0.1) is 0 Å². The van der Waals surface area contributed by atoms with Gasteiger partial charge in [0.2, 0.25) is 0 Å². The number of hydrogen-bond donors (Lipinski definition) is 1. The van der Waals surface area contributed by atoms with Crippen LogP contribution in [0.3, 0.4) is 0 Å². The standard InChI is InChI=1S/C16H20O3/c1-8-7-15(3)12(8)14(19)16(4)9(2)5-10(17)6-11(16)13(15)18/h5,10-12,17H,1,6-7H2,2-4H3/t10-,11+,12?,15-,16+/m1/s1. The van der Waals surface area contributed by atoms with Gasteiger partial charge in [-0.2, -0.15) is 0 Å². The zero-order valence-corrected chi connectivity index (χ0v) is 11.7. The van der Waals surface area contributed by atoms with Crippen LogP contribution in [0.15, 0.2) is 23.8 Å². The summed E-state index contributed by atoms with van der Waals surface area (Å²) in [5.74, 6) is -0.441. The lowest BCUT2D eigenvalue weighted by molar-refractivity contribution is -0.164. The minimum absolute atomic E-state index is 0.122. The number of Topliss-reactive ketones (excluding diaryl/α,β-unsaturated/α-hetero) is 2. The van der Waals surface area contributed by atoms with E-state index in [-0.39, 0.29) is 23.4 Å². The number of carbonyl (C=O) groups excluding carboxylic acids is 2. The highest BCUT2D eigenvalue weighted by Crippen LogP contribution is 2.63. The molecule has 0 saturated heterocycles. The third-order valence-corrected chi connectivity index (χ3v) is 5.73. The highest BCUT2D eigenvalue weighted by molar-refractivity contribution is 6.09. The van der Waals surface area contributed by atoms with Gasteiger partial charge in [0.1, 0.15) is 5.78 Å². The summed E-state index contributed by atoms with van der Waals surface area (Å²) < 4.78 is 0. The first kappa shape index (κ1) is 12.8. The second-order valence-corrected chi connectivity index (χ2v) is 6.82. The molecule has 0 aromatic heterocycles. The first-order valence-electron chi connectivity index (χ1n) is 6.86. The van der Waals surface area contributed by atoms with Crippen LogP contribution in [0.2, 0.25) is 0 Å². The summed E-state index contributed by atoms with van der Waals surface area (Å²) in [5, 5.41) is 9.89. The third kappa shape index (κ3) is 1.27. The smallest absolute Gasteiger partial charge is 0.151 e. The summed E-state index contributed by atoms with van der Waals surface area (Å²) in [4.78, 5) is 25.7. The fourth-order valence-electron chi connectivity index (χ4n) is 4.41. The van der Waals surface area contributed by atoms with E-state index in [4.69, 9.17) is 0 Å². The monoisotopic (exact) mass is 260 g/mol. The van der Waals surface area contributed by atoms with Crippen LogP contribution in [0.25, 0.3) is 0 Å².